The predicted molar refractivity (Wildman–Crippen MR) is 70.0 cm³/mol. The molecular weight excluding hydrogens is 214 g/mol. The first-order valence-corrected chi connectivity index (χ1v) is 6.22. The second kappa shape index (κ2) is 8.23. The minimum absolute atomic E-state index is 0.368. The molecule has 0 amide bonds. The van der Waals surface area contributed by atoms with Crippen LogP contribution >= 0.6 is 0 Å². The van der Waals surface area contributed by atoms with Crippen molar-refractivity contribution in [1.29, 1.82) is 0 Å². The van der Waals surface area contributed by atoms with Gasteiger partial charge in [0.1, 0.15) is 0 Å². The van der Waals surface area contributed by atoms with E-state index >= 15 is 0 Å². The number of hydrogen-bond acceptors (Lipinski definition) is 3. The Morgan fingerprint density at radius 3 is 2.53 bits per heavy atom. The summed E-state index contributed by atoms with van der Waals surface area (Å²) in [6.45, 7) is 5.69. The lowest BCUT2D eigenvalue weighted by Gasteiger charge is -2.21. The van der Waals surface area contributed by atoms with Crippen LogP contribution in [0.25, 0.3) is 0 Å². The van der Waals surface area contributed by atoms with Gasteiger partial charge in [-0.2, -0.15) is 0 Å². The third-order valence-corrected chi connectivity index (χ3v) is 2.96. The number of nitrogens with zero attached hydrogens (tertiary/aromatic N) is 1. The molecule has 0 saturated carbocycles. The zero-order valence-electron chi connectivity index (χ0n) is 10.8. The van der Waals surface area contributed by atoms with Gasteiger partial charge in [-0.05, 0) is 18.5 Å². The molecule has 0 aliphatic carbocycles. The fourth-order valence-electron chi connectivity index (χ4n) is 1.80. The lowest BCUT2D eigenvalue weighted by atomic mass is 10.1. The highest BCUT2D eigenvalue weighted by molar-refractivity contribution is 5.17. The summed E-state index contributed by atoms with van der Waals surface area (Å²) < 4.78 is 5.06. The Bertz CT molecular complexity index is 290. The predicted octanol–water partition coefficient (Wildman–Crippen LogP) is 2.08. The SMILES string of the molecule is CCN(CCOC)CCC(O)c1ccccc1. The van der Waals surface area contributed by atoms with Gasteiger partial charge < -0.3 is 14.7 Å². The molecule has 96 valence electrons. The lowest BCUT2D eigenvalue weighted by molar-refractivity contribution is 0.120. The average molecular weight is 237 g/mol. The van der Waals surface area contributed by atoms with Crippen LogP contribution in [0.15, 0.2) is 30.3 Å². The maximum Gasteiger partial charge on any atom is 0.0802 e. The Morgan fingerprint density at radius 2 is 1.94 bits per heavy atom. The maximum absolute atomic E-state index is 10.0. The Hall–Kier alpha value is -0.900. The van der Waals surface area contributed by atoms with E-state index in [1.807, 2.05) is 30.3 Å². The minimum Gasteiger partial charge on any atom is -0.388 e. The van der Waals surface area contributed by atoms with E-state index in [0.717, 1.165) is 38.2 Å². The molecule has 0 aromatic heterocycles. The minimum atomic E-state index is -0.368. The number of benzene rings is 1. The fraction of sp³-hybridized carbons (Fsp3) is 0.571. The highest BCUT2D eigenvalue weighted by Gasteiger charge is 2.09. The van der Waals surface area contributed by atoms with Crippen molar-refractivity contribution in [3.05, 3.63) is 35.9 Å². The number of methoxy groups -OCH3 is 1. The summed E-state index contributed by atoms with van der Waals surface area (Å²) in [6, 6.07) is 9.82. The van der Waals surface area contributed by atoms with Crippen LogP contribution in [0, 0.1) is 0 Å². The molecule has 0 heterocycles. The van der Waals surface area contributed by atoms with E-state index in [9.17, 15) is 5.11 Å². The van der Waals surface area contributed by atoms with Crippen LogP contribution in [-0.4, -0.2) is 43.4 Å². The second-order valence-corrected chi connectivity index (χ2v) is 4.14. The summed E-state index contributed by atoms with van der Waals surface area (Å²) in [5.41, 5.74) is 0.996. The fourth-order valence-corrected chi connectivity index (χ4v) is 1.80. The standard InChI is InChI=1S/C14H23NO2/c1-3-15(11-12-17-2)10-9-14(16)13-7-5-4-6-8-13/h4-8,14,16H,3,9-12H2,1-2H3. The third-order valence-electron chi connectivity index (χ3n) is 2.96. The second-order valence-electron chi connectivity index (χ2n) is 4.14. The molecule has 1 aromatic rings. The van der Waals surface area contributed by atoms with Gasteiger partial charge in [-0.15, -0.1) is 0 Å². The van der Waals surface area contributed by atoms with E-state index < -0.39 is 0 Å². The van der Waals surface area contributed by atoms with Gasteiger partial charge >= 0.3 is 0 Å². The van der Waals surface area contributed by atoms with E-state index in [1.54, 1.807) is 7.11 Å². The van der Waals surface area contributed by atoms with Crippen molar-refractivity contribution in [2.75, 3.05) is 33.4 Å². The van der Waals surface area contributed by atoms with Gasteiger partial charge in [0, 0.05) is 20.2 Å². The molecule has 1 N–H and O–H groups in total. The average Bonchev–Trinajstić information content (AvgIpc) is 2.39. The molecule has 0 radical (unpaired) electrons. The number of rotatable bonds is 8. The van der Waals surface area contributed by atoms with Crippen LogP contribution in [0.4, 0.5) is 0 Å². The van der Waals surface area contributed by atoms with Crippen molar-refractivity contribution in [3.63, 3.8) is 0 Å². The van der Waals surface area contributed by atoms with Gasteiger partial charge in [-0.3, -0.25) is 0 Å². The van der Waals surface area contributed by atoms with Gasteiger partial charge in [-0.1, -0.05) is 37.3 Å². The van der Waals surface area contributed by atoms with Crippen molar-refractivity contribution in [3.8, 4) is 0 Å². The molecule has 1 atom stereocenters. The van der Waals surface area contributed by atoms with Crippen LogP contribution in [0.5, 0.6) is 0 Å². The first kappa shape index (κ1) is 14.2. The maximum atomic E-state index is 10.0. The highest BCUT2D eigenvalue weighted by Crippen LogP contribution is 2.16. The number of hydrogen-bond donors (Lipinski definition) is 1. The number of aliphatic hydroxyl groups is 1. The van der Waals surface area contributed by atoms with Crippen molar-refractivity contribution < 1.29 is 9.84 Å². The Morgan fingerprint density at radius 1 is 1.24 bits per heavy atom. The van der Waals surface area contributed by atoms with Crippen molar-refractivity contribution in [1.82, 2.24) is 4.90 Å². The summed E-state index contributed by atoms with van der Waals surface area (Å²) in [5.74, 6) is 0. The van der Waals surface area contributed by atoms with Crippen LogP contribution < -0.4 is 0 Å². The van der Waals surface area contributed by atoms with Gasteiger partial charge in [0.15, 0.2) is 0 Å². The Balaban J connectivity index is 2.33. The molecule has 17 heavy (non-hydrogen) atoms. The lowest BCUT2D eigenvalue weighted by Crippen LogP contribution is -2.29. The Kier molecular flexibility index (Phi) is 6.86. The first-order valence-electron chi connectivity index (χ1n) is 6.22. The highest BCUT2D eigenvalue weighted by atomic mass is 16.5. The molecule has 0 saturated heterocycles. The molecule has 3 heteroatoms. The third kappa shape index (κ3) is 5.31. The topological polar surface area (TPSA) is 32.7 Å². The molecule has 0 aliphatic heterocycles. The van der Waals surface area contributed by atoms with Gasteiger partial charge in [0.2, 0.25) is 0 Å². The first-order chi connectivity index (χ1) is 8.27. The van der Waals surface area contributed by atoms with Crippen molar-refractivity contribution in [2.45, 2.75) is 19.4 Å². The molecule has 0 bridgehead atoms. The largest absolute Gasteiger partial charge is 0.388 e. The molecule has 1 unspecified atom stereocenters. The Labute approximate surface area is 104 Å². The normalized spacial score (nSPS) is 12.9. The van der Waals surface area contributed by atoms with E-state index in [0.29, 0.717) is 0 Å². The van der Waals surface area contributed by atoms with E-state index in [-0.39, 0.29) is 6.10 Å². The van der Waals surface area contributed by atoms with E-state index in [4.69, 9.17) is 4.74 Å². The summed E-state index contributed by atoms with van der Waals surface area (Å²) in [4.78, 5) is 2.29. The molecule has 3 nitrogen and oxygen atoms in total. The van der Waals surface area contributed by atoms with E-state index in [1.165, 1.54) is 0 Å². The number of likely N-dealkylation sites (N-methyl/N-ethyl adjacent to an activating group) is 1. The van der Waals surface area contributed by atoms with Crippen LogP contribution in [0.2, 0.25) is 0 Å². The summed E-state index contributed by atoms with van der Waals surface area (Å²) >= 11 is 0. The molecule has 0 aliphatic rings. The van der Waals surface area contributed by atoms with Crippen molar-refractivity contribution >= 4 is 0 Å². The van der Waals surface area contributed by atoms with Crippen LogP contribution in [-0.2, 0) is 4.74 Å². The summed E-state index contributed by atoms with van der Waals surface area (Å²) in [5, 5.41) is 10.0. The van der Waals surface area contributed by atoms with Gasteiger partial charge in [0.25, 0.3) is 0 Å². The van der Waals surface area contributed by atoms with Gasteiger partial charge in [-0.25, -0.2) is 0 Å². The van der Waals surface area contributed by atoms with Crippen LogP contribution in [0.1, 0.15) is 25.0 Å². The smallest absolute Gasteiger partial charge is 0.0802 e. The molecule has 1 aromatic carbocycles. The molecule has 0 spiro atoms. The molecular formula is C14H23NO2. The summed E-state index contributed by atoms with van der Waals surface area (Å²) in [7, 11) is 1.71. The van der Waals surface area contributed by atoms with Crippen LogP contribution in [0.3, 0.4) is 0 Å². The van der Waals surface area contributed by atoms with Gasteiger partial charge in [0.05, 0.1) is 12.7 Å². The molecule has 0 fully saturated rings. The monoisotopic (exact) mass is 237 g/mol. The molecule has 1 rings (SSSR count). The number of ether oxygens (including phenoxy) is 1. The van der Waals surface area contributed by atoms with Crippen molar-refractivity contribution in [2.24, 2.45) is 0 Å². The summed E-state index contributed by atoms with van der Waals surface area (Å²) in [6.07, 6.45) is 0.398. The number of aliphatic hydroxyl groups excluding tert-OH is 1. The zero-order chi connectivity index (χ0) is 12.5. The van der Waals surface area contributed by atoms with E-state index in [2.05, 4.69) is 11.8 Å². The zero-order valence-corrected chi connectivity index (χ0v) is 10.8. The quantitative estimate of drug-likeness (QED) is 0.751.